The molecule has 1 N–H and O–H groups in total. The minimum absolute atomic E-state index is 0.0929. The van der Waals surface area contributed by atoms with Gasteiger partial charge < -0.3 is 5.32 Å². The summed E-state index contributed by atoms with van der Waals surface area (Å²) in [5.74, 6) is 0.839. The zero-order valence-electron chi connectivity index (χ0n) is 11.3. The second kappa shape index (κ2) is 6.89. The van der Waals surface area contributed by atoms with Gasteiger partial charge in [-0.1, -0.05) is 38.0 Å². The van der Waals surface area contributed by atoms with E-state index < -0.39 is 0 Å². The highest BCUT2D eigenvalue weighted by Crippen LogP contribution is 2.27. The molecule has 1 aromatic carbocycles. The Morgan fingerprint density at radius 1 is 1.17 bits per heavy atom. The fourth-order valence-electron chi connectivity index (χ4n) is 2.96. The van der Waals surface area contributed by atoms with Crippen LogP contribution in [0.4, 0.5) is 4.39 Å². The average molecular weight is 249 g/mol. The molecule has 1 aliphatic carbocycles. The second-order valence-electron chi connectivity index (χ2n) is 5.48. The molecule has 2 heteroatoms. The van der Waals surface area contributed by atoms with Crippen LogP contribution < -0.4 is 5.32 Å². The number of nitrogens with one attached hydrogen (secondary N) is 1. The van der Waals surface area contributed by atoms with Crippen molar-refractivity contribution in [2.75, 3.05) is 0 Å². The Bertz CT molecular complexity index is 356. The molecule has 18 heavy (non-hydrogen) atoms. The van der Waals surface area contributed by atoms with Crippen LogP contribution in [0.3, 0.4) is 0 Å². The maximum atomic E-state index is 13.5. The highest BCUT2D eigenvalue weighted by Gasteiger charge is 2.20. The van der Waals surface area contributed by atoms with E-state index in [0.717, 1.165) is 11.5 Å². The van der Waals surface area contributed by atoms with Crippen LogP contribution in [-0.4, -0.2) is 6.04 Å². The minimum Gasteiger partial charge on any atom is -0.310 e. The quantitative estimate of drug-likeness (QED) is 0.821. The Morgan fingerprint density at radius 2 is 1.89 bits per heavy atom. The average Bonchev–Trinajstić information content (AvgIpc) is 2.40. The van der Waals surface area contributed by atoms with Crippen LogP contribution >= 0.6 is 0 Å². The van der Waals surface area contributed by atoms with Gasteiger partial charge in [0.05, 0.1) is 0 Å². The van der Waals surface area contributed by atoms with Crippen molar-refractivity contribution >= 4 is 0 Å². The van der Waals surface area contributed by atoms with Crippen molar-refractivity contribution in [1.29, 1.82) is 0 Å². The van der Waals surface area contributed by atoms with E-state index in [4.69, 9.17) is 0 Å². The van der Waals surface area contributed by atoms with Crippen molar-refractivity contribution in [3.63, 3.8) is 0 Å². The molecule has 0 amide bonds. The third-order valence-electron chi connectivity index (χ3n) is 4.08. The number of benzene rings is 1. The summed E-state index contributed by atoms with van der Waals surface area (Å²) in [6.07, 6.45) is 7.85. The van der Waals surface area contributed by atoms with Gasteiger partial charge >= 0.3 is 0 Å². The predicted octanol–water partition coefficient (Wildman–Crippen LogP) is 4.27. The third-order valence-corrected chi connectivity index (χ3v) is 4.08. The molecule has 1 nitrogen and oxygen atoms in total. The fourth-order valence-corrected chi connectivity index (χ4v) is 2.96. The molecule has 2 rings (SSSR count). The molecule has 1 aliphatic rings. The van der Waals surface area contributed by atoms with E-state index in [1.807, 2.05) is 12.1 Å². The third kappa shape index (κ3) is 3.81. The molecule has 0 atom stereocenters. The van der Waals surface area contributed by atoms with Gasteiger partial charge in [-0.3, -0.25) is 0 Å². The van der Waals surface area contributed by atoms with Crippen LogP contribution in [0.2, 0.25) is 0 Å². The highest BCUT2D eigenvalue weighted by molar-refractivity contribution is 5.17. The van der Waals surface area contributed by atoms with Crippen molar-refractivity contribution in [2.45, 2.75) is 58.0 Å². The Morgan fingerprint density at radius 3 is 2.56 bits per heavy atom. The summed E-state index contributed by atoms with van der Waals surface area (Å²) in [7, 11) is 0. The lowest BCUT2D eigenvalue weighted by molar-refractivity contribution is 0.277. The highest BCUT2D eigenvalue weighted by atomic mass is 19.1. The summed E-state index contributed by atoms with van der Waals surface area (Å²) in [6, 6.07) is 7.63. The summed E-state index contributed by atoms with van der Waals surface area (Å²) < 4.78 is 13.5. The van der Waals surface area contributed by atoms with Crippen LogP contribution in [0.1, 0.15) is 51.0 Å². The van der Waals surface area contributed by atoms with Gasteiger partial charge in [-0.2, -0.15) is 0 Å². The van der Waals surface area contributed by atoms with Gasteiger partial charge in [0.15, 0.2) is 0 Å². The van der Waals surface area contributed by atoms with E-state index in [1.54, 1.807) is 6.07 Å². The van der Waals surface area contributed by atoms with Crippen molar-refractivity contribution in [2.24, 2.45) is 5.92 Å². The number of rotatable bonds is 5. The summed E-state index contributed by atoms with van der Waals surface area (Å²) in [5, 5.41) is 3.50. The molecule has 100 valence electrons. The second-order valence-corrected chi connectivity index (χ2v) is 5.48. The first-order valence-electron chi connectivity index (χ1n) is 7.26. The Kier molecular flexibility index (Phi) is 5.18. The molecule has 0 bridgehead atoms. The zero-order chi connectivity index (χ0) is 12.8. The molecular weight excluding hydrogens is 225 g/mol. The van der Waals surface area contributed by atoms with E-state index >= 15 is 0 Å². The van der Waals surface area contributed by atoms with Gasteiger partial charge in [0.1, 0.15) is 5.82 Å². The molecule has 0 spiro atoms. The lowest BCUT2D eigenvalue weighted by Crippen LogP contribution is -2.32. The van der Waals surface area contributed by atoms with E-state index in [-0.39, 0.29) is 5.82 Å². The molecule has 0 aliphatic heterocycles. The van der Waals surface area contributed by atoms with Crippen LogP contribution in [0.5, 0.6) is 0 Å². The maximum Gasteiger partial charge on any atom is 0.127 e. The molecule has 0 aromatic heterocycles. The van der Waals surface area contributed by atoms with Crippen molar-refractivity contribution in [1.82, 2.24) is 5.32 Å². The monoisotopic (exact) mass is 249 g/mol. The largest absolute Gasteiger partial charge is 0.310 e. The van der Waals surface area contributed by atoms with Gasteiger partial charge in [0.25, 0.3) is 0 Å². The minimum atomic E-state index is -0.0929. The summed E-state index contributed by atoms with van der Waals surface area (Å²) >= 11 is 0. The van der Waals surface area contributed by atoms with E-state index in [9.17, 15) is 4.39 Å². The number of hydrogen-bond acceptors (Lipinski definition) is 1. The van der Waals surface area contributed by atoms with Crippen molar-refractivity contribution < 1.29 is 4.39 Å². The number of hydrogen-bond donors (Lipinski definition) is 1. The first-order valence-corrected chi connectivity index (χ1v) is 7.26. The molecule has 0 heterocycles. The van der Waals surface area contributed by atoms with Crippen LogP contribution in [0.15, 0.2) is 24.3 Å². The Hall–Kier alpha value is -0.890. The zero-order valence-corrected chi connectivity index (χ0v) is 11.3. The van der Waals surface area contributed by atoms with Gasteiger partial charge in [0.2, 0.25) is 0 Å². The van der Waals surface area contributed by atoms with Gasteiger partial charge in [-0.15, -0.1) is 0 Å². The molecule has 0 unspecified atom stereocenters. The van der Waals surface area contributed by atoms with Gasteiger partial charge in [-0.05, 0) is 37.7 Å². The molecule has 1 fully saturated rings. The van der Waals surface area contributed by atoms with Crippen molar-refractivity contribution in [3.8, 4) is 0 Å². The van der Waals surface area contributed by atoms with Crippen molar-refractivity contribution in [3.05, 3.63) is 35.6 Å². The first-order chi connectivity index (χ1) is 8.79. The standard InChI is InChI=1S/C16H24FN/c1-2-5-13-8-10-15(11-9-13)18-12-14-6-3-4-7-16(14)17/h3-4,6-7,13,15,18H,2,5,8-12H2,1H3. The first kappa shape index (κ1) is 13.5. The molecule has 0 saturated heterocycles. The Balaban J connectivity index is 1.74. The molecular formula is C16H24FN. The molecule has 0 radical (unpaired) electrons. The summed E-state index contributed by atoms with van der Waals surface area (Å²) in [5.41, 5.74) is 0.785. The predicted molar refractivity (Wildman–Crippen MR) is 73.9 cm³/mol. The normalized spacial score (nSPS) is 24.1. The summed E-state index contributed by atoms with van der Waals surface area (Å²) in [6.45, 7) is 2.93. The van der Waals surface area contributed by atoms with E-state index in [2.05, 4.69) is 12.2 Å². The maximum absolute atomic E-state index is 13.5. The summed E-state index contributed by atoms with van der Waals surface area (Å²) in [4.78, 5) is 0. The topological polar surface area (TPSA) is 12.0 Å². The Labute approximate surface area is 110 Å². The van der Waals surface area contributed by atoms with Gasteiger partial charge in [0, 0.05) is 18.2 Å². The lowest BCUT2D eigenvalue weighted by Gasteiger charge is -2.29. The van der Waals surface area contributed by atoms with Crippen LogP contribution in [0, 0.1) is 11.7 Å². The fraction of sp³-hybridized carbons (Fsp3) is 0.625. The molecule has 1 saturated carbocycles. The van der Waals surface area contributed by atoms with E-state index in [0.29, 0.717) is 12.6 Å². The van der Waals surface area contributed by atoms with Crippen LogP contribution in [0.25, 0.3) is 0 Å². The smallest absolute Gasteiger partial charge is 0.127 e. The van der Waals surface area contributed by atoms with Gasteiger partial charge in [-0.25, -0.2) is 4.39 Å². The van der Waals surface area contributed by atoms with E-state index in [1.165, 1.54) is 44.6 Å². The molecule has 1 aromatic rings. The number of halogens is 1. The SMILES string of the molecule is CCCC1CCC(NCc2ccccc2F)CC1. The van der Waals surface area contributed by atoms with Crippen LogP contribution in [-0.2, 0) is 6.54 Å². The lowest BCUT2D eigenvalue weighted by atomic mass is 9.83.